The molecule has 1 N–H and O–H groups in total. The zero-order valence-electron chi connectivity index (χ0n) is 18.0. The van der Waals surface area contributed by atoms with Crippen LogP contribution in [0.3, 0.4) is 0 Å². The Labute approximate surface area is 180 Å². The van der Waals surface area contributed by atoms with Gasteiger partial charge in [-0.2, -0.15) is 0 Å². The maximum atomic E-state index is 13.6. The molecule has 1 saturated heterocycles. The van der Waals surface area contributed by atoms with E-state index in [-0.39, 0.29) is 16.7 Å². The highest BCUT2D eigenvalue weighted by Gasteiger charge is 2.49. The fraction of sp³-hybridized carbons (Fsp3) is 0.360. The molecule has 1 aromatic heterocycles. The van der Waals surface area contributed by atoms with Gasteiger partial charge in [0.25, 0.3) is 0 Å². The average molecular weight is 418 g/mol. The number of benzene rings is 2. The lowest BCUT2D eigenvalue weighted by molar-refractivity contribution is -0.0500. The van der Waals surface area contributed by atoms with Crippen LogP contribution < -0.4 is 5.69 Å². The second-order valence-corrected chi connectivity index (χ2v) is 9.14. The largest absolute Gasteiger partial charge is 0.478 e. The molecule has 0 unspecified atom stereocenters. The zero-order chi connectivity index (χ0) is 22.0. The van der Waals surface area contributed by atoms with Crippen LogP contribution in [-0.4, -0.2) is 33.4 Å². The topological polar surface area (TPSA) is 73.5 Å². The van der Waals surface area contributed by atoms with E-state index in [0.717, 1.165) is 48.7 Å². The standard InChI is InChI=1S/C25H26N2O4/c1-16-17(2)27(25(11-12-25)20-6-4-5-18(13-20)22(28)29)23(30)26(16)21-9-7-19(8-10-21)24(3)14-31-15-24/h4-10,13H,11-12,14-15H2,1-3H3,(H,28,29). The first-order valence-electron chi connectivity index (χ1n) is 10.6. The van der Waals surface area contributed by atoms with Gasteiger partial charge in [-0.25, -0.2) is 9.59 Å². The molecule has 2 aliphatic rings. The molecule has 2 heterocycles. The van der Waals surface area contributed by atoms with Crippen molar-refractivity contribution in [2.75, 3.05) is 13.2 Å². The normalized spacial score (nSPS) is 18.4. The van der Waals surface area contributed by atoms with Gasteiger partial charge in [0.05, 0.1) is 30.0 Å². The summed E-state index contributed by atoms with van der Waals surface area (Å²) in [7, 11) is 0. The molecule has 1 aliphatic heterocycles. The molecule has 0 radical (unpaired) electrons. The smallest absolute Gasteiger partial charge is 0.335 e. The number of aromatic nitrogens is 2. The molecule has 1 saturated carbocycles. The Bertz CT molecular complexity index is 1240. The Morgan fingerprint density at radius 1 is 1.00 bits per heavy atom. The fourth-order valence-corrected chi connectivity index (χ4v) is 4.81. The molecule has 0 spiro atoms. The predicted octanol–water partition coefficient (Wildman–Crippen LogP) is 3.78. The first-order chi connectivity index (χ1) is 14.8. The summed E-state index contributed by atoms with van der Waals surface area (Å²) in [5, 5.41) is 9.39. The molecule has 31 heavy (non-hydrogen) atoms. The van der Waals surface area contributed by atoms with E-state index in [0.29, 0.717) is 0 Å². The molecule has 0 atom stereocenters. The van der Waals surface area contributed by atoms with E-state index >= 15 is 0 Å². The molecule has 0 amide bonds. The third-order valence-electron chi connectivity index (χ3n) is 7.04. The van der Waals surface area contributed by atoms with E-state index in [1.165, 1.54) is 5.56 Å². The molecule has 2 fully saturated rings. The number of carboxylic acid groups (broad SMARTS) is 1. The minimum Gasteiger partial charge on any atom is -0.478 e. The summed E-state index contributed by atoms with van der Waals surface area (Å²) in [6, 6.07) is 15.1. The van der Waals surface area contributed by atoms with E-state index in [4.69, 9.17) is 4.74 Å². The van der Waals surface area contributed by atoms with Crippen molar-refractivity contribution in [1.82, 2.24) is 9.13 Å². The molecule has 1 aliphatic carbocycles. The lowest BCUT2D eigenvalue weighted by Gasteiger charge is -2.38. The number of rotatable bonds is 5. The monoisotopic (exact) mass is 418 g/mol. The van der Waals surface area contributed by atoms with Gasteiger partial charge in [-0.05, 0) is 62.1 Å². The van der Waals surface area contributed by atoms with Gasteiger partial charge in [-0.1, -0.05) is 31.2 Å². The van der Waals surface area contributed by atoms with Gasteiger partial charge in [0.15, 0.2) is 0 Å². The lowest BCUT2D eigenvalue weighted by atomic mass is 9.81. The summed E-state index contributed by atoms with van der Waals surface area (Å²) >= 11 is 0. The SMILES string of the molecule is Cc1c(C)n(C2(c3cccc(C(=O)O)c3)CC2)c(=O)n1-c1ccc(C2(C)COC2)cc1. The van der Waals surface area contributed by atoms with Crippen molar-refractivity contribution in [2.45, 2.75) is 44.6 Å². The van der Waals surface area contributed by atoms with Crippen LogP contribution in [-0.2, 0) is 15.7 Å². The van der Waals surface area contributed by atoms with Gasteiger partial charge >= 0.3 is 11.7 Å². The van der Waals surface area contributed by atoms with Crippen LogP contribution in [0.5, 0.6) is 0 Å². The Kier molecular flexibility index (Phi) is 4.28. The maximum absolute atomic E-state index is 13.6. The van der Waals surface area contributed by atoms with Crippen molar-refractivity contribution in [3.63, 3.8) is 0 Å². The Hall–Kier alpha value is -3.12. The number of nitrogens with zero attached hydrogens (tertiary/aromatic N) is 2. The van der Waals surface area contributed by atoms with Crippen LogP contribution in [0.2, 0.25) is 0 Å². The highest BCUT2D eigenvalue weighted by Crippen LogP contribution is 2.49. The molecule has 160 valence electrons. The van der Waals surface area contributed by atoms with E-state index < -0.39 is 11.5 Å². The Balaban J connectivity index is 1.59. The number of carbonyl (C=O) groups is 1. The van der Waals surface area contributed by atoms with Gasteiger partial charge < -0.3 is 9.84 Å². The van der Waals surface area contributed by atoms with Gasteiger partial charge in [0, 0.05) is 16.8 Å². The van der Waals surface area contributed by atoms with Crippen molar-refractivity contribution in [2.24, 2.45) is 0 Å². The molecule has 5 rings (SSSR count). The highest BCUT2D eigenvalue weighted by atomic mass is 16.5. The first-order valence-corrected chi connectivity index (χ1v) is 10.6. The second-order valence-electron chi connectivity index (χ2n) is 9.14. The third kappa shape index (κ3) is 2.89. The number of carboxylic acids is 1. The summed E-state index contributed by atoms with van der Waals surface area (Å²) < 4.78 is 9.00. The van der Waals surface area contributed by atoms with E-state index in [2.05, 4.69) is 19.1 Å². The highest BCUT2D eigenvalue weighted by molar-refractivity contribution is 5.87. The number of imidazole rings is 1. The predicted molar refractivity (Wildman–Crippen MR) is 117 cm³/mol. The van der Waals surface area contributed by atoms with Crippen molar-refractivity contribution in [3.8, 4) is 5.69 Å². The number of aromatic carboxylic acids is 1. The van der Waals surface area contributed by atoms with Crippen LogP contribution in [0.15, 0.2) is 53.3 Å². The molecular formula is C25H26N2O4. The molecule has 2 aromatic carbocycles. The van der Waals surface area contributed by atoms with Crippen LogP contribution in [0.4, 0.5) is 0 Å². The van der Waals surface area contributed by atoms with Crippen LogP contribution in [0.1, 0.15) is 52.6 Å². The number of hydrogen-bond acceptors (Lipinski definition) is 3. The van der Waals surface area contributed by atoms with Gasteiger partial charge in [0.1, 0.15) is 0 Å². The summed E-state index contributed by atoms with van der Waals surface area (Å²) in [5.74, 6) is -0.957. The minimum absolute atomic E-state index is 0.0492. The maximum Gasteiger partial charge on any atom is 0.335 e. The fourth-order valence-electron chi connectivity index (χ4n) is 4.81. The van der Waals surface area contributed by atoms with Crippen molar-refractivity contribution in [1.29, 1.82) is 0 Å². The summed E-state index contributed by atoms with van der Waals surface area (Å²) in [4.78, 5) is 25.1. The second kappa shape index (κ2) is 6.69. The molecule has 3 aromatic rings. The Morgan fingerprint density at radius 2 is 1.68 bits per heavy atom. The van der Waals surface area contributed by atoms with Crippen molar-refractivity contribution in [3.05, 3.63) is 87.1 Å². The molecule has 6 heteroatoms. The third-order valence-corrected chi connectivity index (χ3v) is 7.04. The zero-order valence-corrected chi connectivity index (χ0v) is 18.0. The molecule has 0 bridgehead atoms. The summed E-state index contributed by atoms with van der Waals surface area (Å²) in [6.45, 7) is 7.56. The van der Waals surface area contributed by atoms with E-state index in [9.17, 15) is 14.7 Å². The average Bonchev–Trinajstić information content (AvgIpc) is 3.50. The summed E-state index contributed by atoms with van der Waals surface area (Å²) in [5.41, 5.74) is 4.48. The van der Waals surface area contributed by atoms with Gasteiger partial charge in [-0.15, -0.1) is 0 Å². The number of ether oxygens (including phenoxy) is 1. The van der Waals surface area contributed by atoms with E-state index in [1.807, 2.05) is 36.6 Å². The van der Waals surface area contributed by atoms with E-state index in [1.54, 1.807) is 22.8 Å². The lowest BCUT2D eigenvalue weighted by Crippen LogP contribution is -2.43. The van der Waals surface area contributed by atoms with Crippen molar-refractivity contribution < 1.29 is 14.6 Å². The van der Waals surface area contributed by atoms with Crippen molar-refractivity contribution >= 4 is 5.97 Å². The van der Waals surface area contributed by atoms with Gasteiger partial charge in [0.2, 0.25) is 0 Å². The Morgan fingerprint density at radius 3 is 2.23 bits per heavy atom. The number of hydrogen-bond donors (Lipinski definition) is 1. The quantitative estimate of drug-likeness (QED) is 0.684. The molecular weight excluding hydrogens is 392 g/mol. The first kappa shape index (κ1) is 19.8. The van der Waals surface area contributed by atoms with Crippen LogP contribution in [0.25, 0.3) is 5.69 Å². The van der Waals surface area contributed by atoms with Crippen LogP contribution in [0, 0.1) is 13.8 Å². The minimum atomic E-state index is -0.957. The summed E-state index contributed by atoms with van der Waals surface area (Å²) in [6.07, 6.45) is 1.63. The van der Waals surface area contributed by atoms with Gasteiger partial charge in [-0.3, -0.25) is 9.13 Å². The molecule has 6 nitrogen and oxygen atoms in total. The van der Waals surface area contributed by atoms with Crippen LogP contribution >= 0.6 is 0 Å².